The molecule has 158 valence electrons. The molecule has 31 heavy (non-hydrogen) atoms. The molecule has 0 bridgehead atoms. The van der Waals surface area contributed by atoms with E-state index in [-0.39, 0.29) is 11.9 Å². The maximum atomic E-state index is 11.6. The SMILES string of the molecule is CCOC(=O)C=Cc1ccc([C@@H]2c3ccc(OC)cc3CC[C@@H]2c2ccccc2)cc1. The number of carbonyl (C=O) groups is 1. The van der Waals surface area contributed by atoms with Crippen molar-refractivity contribution in [1.82, 2.24) is 0 Å². The van der Waals surface area contributed by atoms with Crippen molar-refractivity contribution in [2.45, 2.75) is 31.6 Å². The van der Waals surface area contributed by atoms with Gasteiger partial charge in [0, 0.05) is 12.0 Å². The molecule has 3 aromatic carbocycles. The van der Waals surface area contributed by atoms with Crippen molar-refractivity contribution >= 4 is 12.0 Å². The zero-order valence-corrected chi connectivity index (χ0v) is 18.1. The number of hydrogen-bond acceptors (Lipinski definition) is 3. The molecule has 0 aromatic heterocycles. The number of esters is 1. The molecule has 0 spiro atoms. The summed E-state index contributed by atoms with van der Waals surface area (Å²) in [5, 5.41) is 0. The van der Waals surface area contributed by atoms with E-state index in [0.29, 0.717) is 12.5 Å². The molecule has 0 heterocycles. The lowest BCUT2D eigenvalue weighted by molar-refractivity contribution is -0.137. The molecular formula is C28H28O3. The molecular weight excluding hydrogens is 384 g/mol. The number of methoxy groups -OCH3 is 1. The van der Waals surface area contributed by atoms with E-state index in [4.69, 9.17) is 9.47 Å². The number of ether oxygens (including phenoxy) is 2. The van der Waals surface area contributed by atoms with E-state index in [1.165, 1.54) is 28.3 Å². The fourth-order valence-electron chi connectivity index (χ4n) is 4.56. The van der Waals surface area contributed by atoms with Crippen LogP contribution in [0, 0.1) is 0 Å². The van der Waals surface area contributed by atoms with Crippen LogP contribution in [0.3, 0.4) is 0 Å². The third kappa shape index (κ3) is 4.72. The Kier molecular flexibility index (Phi) is 6.51. The Morgan fingerprint density at radius 1 is 1.00 bits per heavy atom. The third-order valence-corrected chi connectivity index (χ3v) is 6.03. The number of hydrogen-bond donors (Lipinski definition) is 0. The molecule has 0 fully saturated rings. The summed E-state index contributed by atoms with van der Waals surface area (Å²) in [6.07, 6.45) is 5.42. The van der Waals surface area contributed by atoms with Crippen LogP contribution in [0.25, 0.3) is 6.08 Å². The van der Waals surface area contributed by atoms with Crippen LogP contribution in [0.15, 0.2) is 78.9 Å². The van der Waals surface area contributed by atoms with E-state index in [9.17, 15) is 4.79 Å². The molecule has 2 atom stereocenters. The predicted octanol–water partition coefficient (Wildman–Crippen LogP) is 6.13. The molecule has 3 heteroatoms. The van der Waals surface area contributed by atoms with Gasteiger partial charge in [-0.1, -0.05) is 60.7 Å². The second-order valence-corrected chi connectivity index (χ2v) is 7.85. The molecule has 0 N–H and O–H groups in total. The second kappa shape index (κ2) is 9.65. The average molecular weight is 413 g/mol. The molecule has 1 aliphatic carbocycles. The smallest absolute Gasteiger partial charge is 0.330 e. The minimum absolute atomic E-state index is 0.278. The Balaban J connectivity index is 1.69. The van der Waals surface area contributed by atoms with Gasteiger partial charge in [-0.05, 0) is 71.7 Å². The number of rotatable bonds is 6. The van der Waals surface area contributed by atoms with Crippen molar-refractivity contribution in [3.05, 3.63) is 107 Å². The Hall–Kier alpha value is -3.33. The molecule has 0 amide bonds. The molecule has 0 unspecified atom stereocenters. The van der Waals surface area contributed by atoms with Crippen LogP contribution in [0.5, 0.6) is 5.75 Å². The average Bonchev–Trinajstić information content (AvgIpc) is 2.83. The normalized spacial score (nSPS) is 17.9. The summed E-state index contributed by atoms with van der Waals surface area (Å²) in [4.78, 5) is 11.6. The van der Waals surface area contributed by atoms with E-state index < -0.39 is 0 Å². The standard InChI is InChI=1S/C28H28O3/c1-3-31-27(29)18-11-20-9-12-22(13-10-20)28-25(21-7-5-4-6-8-21)16-14-23-19-24(30-2)15-17-26(23)28/h4-13,15,17-19,25,28H,3,14,16H2,1-2H3/t25-,28+/m1/s1. The minimum Gasteiger partial charge on any atom is -0.497 e. The second-order valence-electron chi connectivity index (χ2n) is 7.85. The van der Waals surface area contributed by atoms with E-state index in [1.807, 2.05) is 0 Å². The Labute approximate surface area is 184 Å². The summed E-state index contributed by atoms with van der Waals surface area (Å²) < 4.78 is 10.4. The molecule has 0 radical (unpaired) electrons. The highest BCUT2D eigenvalue weighted by molar-refractivity contribution is 5.87. The Morgan fingerprint density at radius 2 is 1.77 bits per heavy atom. The van der Waals surface area contributed by atoms with Crippen LogP contribution in [0.4, 0.5) is 0 Å². The van der Waals surface area contributed by atoms with Gasteiger partial charge in [0.2, 0.25) is 0 Å². The van der Waals surface area contributed by atoms with Gasteiger partial charge in [0.25, 0.3) is 0 Å². The van der Waals surface area contributed by atoms with Crippen LogP contribution in [0.2, 0.25) is 0 Å². The summed E-state index contributed by atoms with van der Waals surface area (Å²) in [7, 11) is 1.72. The quantitative estimate of drug-likeness (QED) is 0.361. The number of aryl methyl sites for hydroxylation is 1. The Morgan fingerprint density at radius 3 is 2.48 bits per heavy atom. The first-order chi connectivity index (χ1) is 15.2. The van der Waals surface area contributed by atoms with Gasteiger partial charge in [-0.15, -0.1) is 0 Å². The topological polar surface area (TPSA) is 35.5 Å². The van der Waals surface area contributed by atoms with E-state index in [2.05, 4.69) is 72.8 Å². The lowest BCUT2D eigenvalue weighted by Gasteiger charge is -2.35. The van der Waals surface area contributed by atoms with Crippen LogP contribution >= 0.6 is 0 Å². The highest BCUT2D eigenvalue weighted by Gasteiger charge is 2.32. The molecule has 0 aliphatic heterocycles. The van der Waals surface area contributed by atoms with Gasteiger partial charge in [-0.3, -0.25) is 0 Å². The van der Waals surface area contributed by atoms with Crippen LogP contribution in [-0.2, 0) is 16.0 Å². The van der Waals surface area contributed by atoms with Gasteiger partial charge >= 0.3 is 5.97 Å². The largest absolute Gasteiger partial charge is 0.497 e. The van der Waals surface area contributed by atoms with Crippen molar-refractivity contribution in [3.63, 3.8) is 0 Å². The van der Waals surface area contributed by atoms with Gasteiger partial charge in [0.1, 0.15) is 5.75 Å². The van der Waals surface area contributed by atoms with Crippen molar-refractivity contribution in [3.8, 4) is 5.75 Å². The first-order valence-electron chi connectivity index (χ1n) is 10.9. The fourth-order valence-corrected chi connectivity index (χ4v) is 4.56. The molecule has 1 aliphatic rings. The van der Waals surface area contributed by atoms with Gasteiger partial charge in [0.15, 0.2) is 0 Å². The molecule has 3 aromatic rings. The van der Waals surface area contributed by atoms with Gasteiger partial charge in [-0.25, -0.2) is 4.79 Å². The van der Waals surface area contributed by atoms with Crippen molar-refractivity contribution in [2.75, 3.05) is 13.7 Å². The van der Waals surface area contributed by atoms with Crippen LogP contribution in [0.1, 0.15) is 53.0 Å². The highest BCUT2D eigenvalue weighted by atomic mass is 16.5. The number of fused-ring (bicyclic) bond motifs is 1. The summed E-state index contributed by atoms with van der Waals surface area (Å²) in [5.74, 6) is 1.30. The number of carbonyl (C=O) groups excluding carboxylic acids is 1. The fraction of sp³-hybridized carbons (Fsp3) is 0.250. The summed E-state index contributed by atoms with van der Waals surface area (Å²) in [6.45, 7) is 2.19. The maximum Gasteiger partial charge on any atom is 0.330 e. The zero-order valence-electron chi connectivity index (χ0n) is 18.1. The van der Waals surface area contributed by atoms with Gasteiger partial charge in [0.05, 0.1) is 13.7 Å². The Bertz CT molecular complexity index is 1050. The molecule has 3 nitrogen and oxygen atoms in total. The van der Waals surface area contributed by atoms with Gasteiger partial charge in [-0.2, -0.15) is 0 Å². The van der Waals surface area contributed by atoms with E-state index >= 15 is 0 Å². The van der Waals surface area contributed by atoms with Crippen molar-refractivity contribution in [1.29, 1.82) is 0 Å². The van der Waals surface area contributed by atoms with Crippen LogP contribution < -0.4 is 4.74 Å². The summed E-state index contributed by atoms with van der Waals surface area (Å²) in [6, 6.07) is 25.8. The van der Waals surface area contributed by atoms with Crippen molar-refractivity contribution in [2.24, 2.45) is 0 Å². The predicted molar refractivity (Wildman–Crippen MR) is 124 cm³/mol. The molecule has 4 rings (SSSR count). The number of benzene rings is 3. The first-order valence-corrected chi connectivity index (χ1v) is 10.9. The lowest BCUT2D eigenvalue weighted by atomic mass is 9.69. The maximum absolute atomic E-state index is 11.6. The highest BCUT2D eigenvalue weighted by Crippen LogP contribution is 2.46. The first kappa shape index (κ1) is 20.9. The molecule has 0 saturated heterocycles. The van der Waals surface area contributed by atoms with Gasteiger partial charge < -0.3 is 9.47 Å². The van der Waals surface area contributed by atoms with Crippen LogP contribution in [-0.4, -0.2) is 19.7 Å². The third-order valence-electron chi connectivity index (χ3n) is 6.03. The lowest BCUT2D eigenvalue weighted by Crippen LogP contribution is -2.20. The van der Waals surface area contributed by atoms with E-state index in [0.717, 1.165) is 24.2 Å². The van der Waals surface area contributed by atoms with E-state index in [1.54, 1.807) is 20.1 Å². The summed E-state index contributed by atoms with van der Waals surface area (Å²) in [5.41, 5.74) is 6.38. The summed E-state index contributed by atoms with van der Waals surface area (Å²) >= 11 is 0. The zero-order chi connectivity index (χ0) is 21.6. The minimum atomic E-state index is -0.314. The van der Waals surface area contributed by atoms with Crippen molar-refractivity contribution < 1.29 is 14.3 Å². The monoisotopic (exact) mass is 412 g/mol. The molecule has 0 saturated carbocycles.